The summed E-state index contributed by atoms with van der Waals surface area (Å²) in [5.41, 5.74) is 3.10. The summed E-state index contributed by atoms with van der Waals surface area (Å²) in [7, 11) is 0. The highest BCUT2D eigenvalue weighted by Gasteiger charge is 2.21. The number of nitrogens with zero attached hydrogens (tertiary/aromatic N) is 1. The Kier molecular flexibility index (Phi) is 8.11. The monoisotopic (exact) mass is 300 g/mol. The molecule has 0 spiro atoms. The van der Waals surface area contributed by atoms with Crippen molar-refractivity contribution in [1.29, 1.82) is 0 Å². The van der Waals surface area contributed by atoms with E-state index >= 15 is 0 Å². The molecule has 1 saturated heterocycles. The third-order valence-corrected chi connectivity index (χ3v) is 3.81. The third-order valence-electron chi connectivity index (χ3n) is 3.56. The van der Waals surface area contributed by atoms with Crippen LogP contribution in [0.5, 0.6) is 0 Å². The van der Waals surface area contributed by atoms with Crippen molar-refractivity contribution in [2.45, 2.75) is 38.3 Å². The molecule has 0 aliphatic carbocycles. The number of benzene rings is 1. The zero-order chi connectivity index (χ0) is 12.6. The van der Waals surface area contributed by atoms with E-state index in [-0.39, 0.29) is 12.4 Å². The molecule has 4 heteroatoms. The Hall–Kier alpha value is -0.570. The maximum absolute atomic E-state index is 5.90. The molecule has 2 nitrogen and oxygen atoms in total. The molecule has 1 aromatic rings. The number of hydrogen-bond donors (Lipinski definition) is 1. The fourth-order valence-corrected chi connectivity index (χ4v) is 2.73. The average Bonchev–Trinajstić information content (AvgIpc) is 2.65. The summed E-state index contributed by atoms with van der Waals surface area (Å²) in [6, 6.07) is 10.6. The van der Waals surface area contributed by atoms with Crippen molar-refractivity contribution in [1.82, 2.24) is 5.32 Å². The van der Waals surface area contributed by atoms with Crippen LogP contribution in [-0.4, -0.2) is 29.5 Å². The van der Waals surface area contributed by atoms with Crippen LogP contribution in [-0.2, 0) is 6.42 Å². The van der Waals surface area contributed by atoms with E-state index in [2.05, 4.69) is 40.2 Å². The second kappa shape index (κ2) is 9.35. The summed E-state index contributed by atoms with van der Waals surface area (Å²) in [6.07, 6.45) is 6.54. The van der Waals surface area contributed by atoms with Crippen LogP contribution in [0, 0.1) is 0 Å². The second-order valence-corrected chi connectivity index (χ2v) is 5.09. The Morgan fingerprint density at radius 3 is 2.74 bits per heavy atom. The van der Waals surface area contributed by atoms with Gasteiger partial charge in [-0.15, -0.1) is 0 Å². The first-order chi connectivity index (χ1) is 8.90. The summed E-state index contributed by atoms with van der Waals surface area (Å²) in [5.74, 6) is 0. The Balaban J connectivity index is 0.00000180. The second-order valence-electron chi connectivity index (χ2n) is 4.89. The Morgan fingerprint density at radius 1 is 1.21 bits per heavy atom. The van der Waals surface area contributed by atoms with Gasteiger partial charge in [0.25, 0.3) is 0 Å². The van der Waals surface area contributed by atoms with Gasteiger partial charge in [0.15, 0.2) is 0 Å². The van der Waals surface area contributed by atoms with Crippen molar-refractivity contribution >= 4 is 17.3 Å². The molecule has 1 atom stereocenters. The van der Waals surface area contributed by atoms with Crippen LogP contribution < -0.4 is 17.7 Å². The lowest BCUT2D eigenvalue weighted by Gasteiger charge is -2.14. The molecule has 1 heterocycles. The third kappa shape index (κ3) is 5.52. The first-order valence-electron chi connectivity index (χ1n) is 6.87. The van der Waals surface area contributed by atoms with E-state index in [1.54, 1.807) is 5.67 Å². The van der Waals surface area contributed by atoms with E-state index in [9.17, 15) is 0 Å². The van der Waals surface area contributed by atoms with Crippen molar-refractivity contribution < 1.29 is 17.0 Å². The van der Waals surface area contributed by atoms with Crippen LogP contribution in [0.4, 0.5) is 0 Å². The summed E-state index contributed by atoms with van der Waals surface area (Å²) < 4.78 is 2.24. The van der Waals surface area contributed by atoms with Crippen molar-refractivity contribution in [2.24, 2.45) is 0 Å². The molecule has 1 aromatic carbocycles. The van der Waals surface area contributed by atoms with E-state index in [0.29, 0.717) is 6.17 Å². The van der Waals surface area contributed by atoms with Crippen LogP contribution >= 0.6 is 11.6 Å². The van der Waals surface area contributed by atoms with Gasteiger partial charge in [-0.3, -0.25) is 5.32 Å². The van der Waals surface area contributed by atoms with Gasteiger partial charge >= 0.3 is 0 Å². The number of nitrogens with one attached hydrogen (secondary N) is 1. The first kappa shape index (κ1) is 16.5. The van der Waals surface area contributed by atoms with Crippen molar-refractivity contribution in [3.05, 3.63) is 35.9 Å². The molecule has 1 aliphatic heterocycles. The normalized spacial score (nSPS) is 21.7. The van der Waals surface area contributed by atoms with Crippen LogP contribution in [0.1, 0.15) is 31.2 Å². The maximum atomic E-state index is 5.90. The minimum absolute atomic E-state index is 0. The zero-order valence-corrected chi connectivity index (χ0v) is 12.7. The fourth-order valence-electron chi connectivity index (χ4n) is 2.49. The van der Waals surface area contributed by atoms with Crippen molar-refractivity contribution in [3.63, 3.8) is 0 Å². The number of halogens is 2. The predicted molar refractivity (Wildman–Crippen MR) is 77.4 cm³/mol. The molecule has 0 bridgehead atoms. The van der Waals surface area contributed by atoms with Gasteiger partial charge in [0.2, 0.25) is 11.8 Å². The van der Waals surface area contributed by atoms with E-state index in [0.717, 1.165) is 19.5 Å². The first-order valence-corrected chi connectivity index (χ1v) is 7.30. The molecular weight excluding hydrogens is 279 g/mol. The van der Waals surface area contributed by atoms with Gasteiger partial charge < -0.3 is 12.4 Å². The number of hydrogen-bond acceptors (Lipinski definition) is 1. The molecule has 0 radical (unpaired) electrons. The maximum Gasteiger partial charge on any atom is 0.233 e. The molecule has 1 aliphatic rings. The van der Waals surface area contributed by atoms with Crippen LogP contribution in [0.25, 0.3) is 0 Å². The van der Waals surface area contributed by atoms with Crippen LogP contribution in [0.15, 0.2) is 30.3 Å². The molecule has 0 saturated carbocycles. The Morgan fingerprint density at radius 2 is 2.00 bits per heavy atom. The Labute approximate surface area is 127 Å². The molecule has 1 fully saturated rings. The highest BCUT2D eigenvalue weighted by atomic mass is 35.5. The molecular formula is C15H22Cl2N2. The quantitative estimate of drug-likeness (QED) is 0.774. The van der Waals surface area contributed by atoms with Crippen LogP contribution in [0.3, 0.4) is 0 Å². The minimum atomic E-state index is 0. The molecule has 1 N–H and O–H groups in total. The van der Waals surface area contributed by atoms with Gasteiger partial charge in [0, 0.05) is 19.4 Å². The lowest BCUT2D eigenvalue weighted by molar-refractivity contribution is -0.565. The van der Waals surface area contributed by atoms with E-state index in [1.807, 2.05) is 0 Å². The van der Waals surface area contributed by atoms with Gasteiger partial charge in [-0.2, -0.15) is 0 Å². The smallest absolute Gasteiger partial charge is 0.233 e. The lowest BCUT2D eigenvalue weighted by atomic mass is 10.1. The minimum Gasteiger partial charge on any atom is -1.00 e. The summed E-state index contributed by atoms with van der Waals surface area (Å²) >= 11 is 5.90. The summed E-state index contributed by atoms with van der Waals surface area (Å²) in [4.78, 5) is 0. The van der Waals surface area contributed by atoms with Gasteiger partial charge in [0.05, 0.1) is 0 Å². The molecule has 106 valence electrons. The standard InChI is InChI=1S/C15H22ClN2.ClH/c16-13-18-12-6-2-5-9-15(18)17-11-10-14-7-3-1-4-8-14;/h1,3-4,7-8,13,15,17H,2,5-6,9-12H2;1H/q+1;/p-1/b18-13+;. The number of rotatable bonds is 4. The van der Waals surface area contributed by atoms with Gasteiger partial charge in [-0.25, -0.2) is 4.58 Å². The van der Waals surface area contributed by atoms with Gasteiger partial charge in [-0.1, -0.05) is 30.3 Å². The topological polar surface area (TPSA) is 15.0 Å². The van der Waals surface area contributed by atoms with Crippen molar-refractivity contribution in [3.8, 4) is 0 Å². The molecule has 2 rings (SSSR count). The molecule has 1 unspecified atom stereocenters. The average molecular weight is 301 g/mol. The predicted octanol–water partition coefficient (Wildman–Crippen LogP) is 0.00240. The van der Waals surface area contributed by atoms with Gasteiger partial charge in [-0.05, 0) is 36.4 Å². The van der Waals surface area contributed by atoms with E-state index in [1.165, 1.54) is 31.2 Å². The Bertz CT molecular complexity index is 379. The molecule has 19 heavy (non-hydrogen) atoms. The van der Waals surface area contributed by atoms with Crippen LogP contribution in [0.2, 0.25) is 0 Å². The largest absolute Gasteiger partial charge is 1.00 e. The summed E-state index contributed by atoms with van der Waals surface area (Å²) in [6.45, 7) is 2.09. The molecule has 0 amide bonds. The highest BCUT2D eigenvalue weighted by Crippen LogP contribution is 2.11. The van der Waals surface area contributed by atoms with E-state index in [4.69, 9.17) is 11.6 Å². The SMILES string of the molecule is Cl/C=[N+]1\CCCCCC1NCCc1ccccc1.[Cl-]. The highest BCUT2D eigenvalue weighted by molar-refractivity contribution is 6.54. The fraction of sp³-hybridized carbons (Fsp3) is 0.533. The van der Waals surface area contributed by atoms with Crippen molar-refractivity contribution in [2.75, 3.05) is 13.1 Å². The zero-order valence-electron chi connectivity index (χ0n) is 11.2. The van der Waals surface area contributed by atoms with Gasteiger partial charge in [0.1, 0.15) is 6.54 Å². The summed E-state index contributed by atoms with van der Waals surface area (Å²) in [5, 5.41) is 3.62. The van der Waals surface area contributed by atoms with E-state index < -0.39 is 0 Å². The lowest BCUT2D eigenvalue weighted by Crippen LogP contribution is -3.00. The molecule has 0 aromatic heterocycles.